The zero-order valence-electron chi connectivity index (χ0n) is 15.2. The Labute approximate surface area is 152 Å². The normalized spacial score (nSPS) is 19.2. The van der Waals surface area contributed by atoms with Gasteiger partial charge in [0.05, 0.1) is 6.54 Å². The minimum atomic E-state index is -0.928. The fourth-order valence-corrected chi connectivity index (χ4v) is 4.17. The summed E-state index contributed by atoms with van der Waals surface area (Å²) in [6.45, 7) is 4.54. The molecule has 8 heteroatoms. The standard InChI is InChI=1S/C18H26N6O2/c1-2-8-24-14-7-6-12(10-13(14)17(22-24)18(25)26)19-11-16-21-20-15-5-3-4-9-23(15)16/h12,19H,2-11H2,1H3,(H,25,26)/t12-/m0/s1. The molecular formula is C18H26N6O2. The van der Waals surface area contributed by atoms with Crippen LogP contribution in [0.15, 0.2) is 0 Å². The summed E-state index contributed by atoms with van der Waals surface area (Å²) in [5.41, 5.74) is 2.22. The molecule has 2 aromatic heterocycles. The maximum Gasteiger partial charge on any atom is 0.356 e. The number of nitrogens with one attached hydrogen (secondary N) is 1. The second kappa shape index (κ2) is 7.19. The zero-order chi connectivity index (χ0) is 18.1. The number of carboxylic acid groups (broad SMARTS) is 1. The lowest BCUT2D eigenvalue weighted by Crippen LogP contribution is -2.35. The molecule has 2 aromatic rings. The van der Waals surface area contributed by atoms with E-state index in [1.807, 2.05) is 4.68 Å². The number of aromatic nitrogens is 5. The molecule has 1 aliphatic heterocycles. The molecule has 4 rings (SSSR count). The molecule has 0 saturated carbocycles. The molecule has 1 aliphatic carbocycles. The number of aromatic carboxylic acids is 1. The van der Waals surface area contributed by atoms with Gasteiger partial charge in [0, 0.05) is 36.8 Å². The van der Waals surface area contributed by atoms with Gasteiger partial charge in [-0.05, 0) is 38.5 Å². The molecule has 26 heavy (non-hydrogen) atoms. The van der Waals surface area contributed by atoms with Gasteiger partial charge in [0.2, 0.25) is 0 Å². The average Bonchev–Trinajstić information content (AvgIpc) is 3.22. The average molecular weight is 358 g/mol. The van der Waals surface area contributed by atoms with Crippen molar-refractivity contribution in [2.75, 3.05) is 0 Å². The number of aryl methyl sites for hydroxylation is 2. The van der Waals surface area contributed by atoms with Crippen LogP contribution in [0.2, 0.25) is 0 Å². The van der Waals surface area contributed by atoms with Crippen LogP contribution in [0.5, 0.6) is 0 Å². The summed E-state index contributed by atoms with van der Waals surface area (Å²) < 4.78 is 4.12. The molecule has 0 unspecified atom stereocenters. The van der Waals surface area contributed by atoms with Gasteiger partial charge in [-0.25, -0.2) is 4.79 Å². The Morgan fingerprint density at radius 2 is 2.19 bits per heavy atom. The van der Waals surface area contributed by atoms with Gasteiger partial charge in [-0.15, -0.1) is 10.2 Å². The summed E-state index contributed by atoms with van der Waals surface area (Å²) in [7, 11) is 0. The topological polar surface area (TPSA) is 97.9 Å². The molecule has 8 nitrogen and oxygen atoms in total. The summed E-state index contributed by atoms with van der Waals surface area (Å²) >= 11 is 0. The second-order valence-electron chi connectivity index (χ2n) is 7.26. The van der Waals surface area contributed by atoms with Gasteiger partial charge in [-0.3, -0.25) is 4.68 Å². The third kappa shape index (κ3) is 3.13. The number of carbonyl (C=O) groups is 1. The molecule has 0 amide bonds. The van der Waals surface area contributed by atoms with Crippen molar-refractivity contribution < 1.29 is 9.90 Å². The smallest absolute Gasteiger partial charge is 0.356 e. The Hall–Kier alpha value is -2.22. The van der Waals surface area contributed by atoms with Crippen LogP contribution < -0.4 is 5.32 Å². The van der Waals surface area contributed by atoms with E-state index < -0.39 is 5.97 Å². The SMILES string of the molecule is CCCn1nc(C(=O)O)c2c1CC[C@H](NCc1nnc3n1CCCC3)C2. The highest BCUT2D eigenvalue weighted by Crippen LogP contribution is 2.25. The van der Waals surface area contributed by atoms with Gasteiger partial charge in [0.1, 0.15) is 11.6 Å². The van der Waals surface area contributed by atoms with Crippen molar-refractivity contribution in [2.45, 2.75) is 77.5 Å². The van der Waals surface area contributed by atoms with Gasteiger partial charge >= 0.3 is 5.97 Å². The monoisotopic (exact) mass is 358 g/mol. The van der Waals surface area contributed by atoms with Crippen LogP contribution in [0.4, 0.5) is 0 Å². The number of carboxylic acids is 1. The number of nitrogens with zero attached hydrogens (tertiary/aromatic N) is 5. The van der Waals surface area contributed by atoms with Gasteiger partial charge in [-0.1, -0.05) is 6.92 Å². The number of fused-ring (bicyclic) bond motifs is 2. The van der Waals surface area contributed by atoms with E-state index in [0.717, 1.165) is 61.7 Å². The minimum Gasteiger partial charge on any atom is -0.476 e. The lowest BCUT2D eigenvalue weighted by Gasteiger charge is -2.24. The van der Waals surface area contributed by atoms with E-state index in [4.69, 9.17) is 0 Å². The minimum absolute atomic E-state index is 0.222. The molecule has 0 fully saturated rings. The van der Waals surface area contributed by atoms with E-state index in [1.54, 1.807) is 0 Å². The number of hydrogen-bond donors (Lipinski definition) is 2. The molecule has 2 N–H and O–H groups in total. The molecule has 0 radical (unpaired) electrons. The van der Waals surface area contributed by atoms with Crippen molar-refractivity contribution in [3.05, 3.63) is 28.6 Å². The largest absolute Gasteiger partial charge is 0.476 e. The predicted octanol–water partition coefficient (Wildman–Crippen LogP) is 1.57. The van der Waals surface area contributed by atoms with Crippen LogP contribution in [0.1, 0.15) is 66.0 Å². The molecule has 0 spiro atoms. The molecule has 2 aliphatic rings. The first-order chi connectivity index (χ1) is 12.7. The quantitative estimate of drug-likeness (QED) is 0.813. The highest BCUT2D eigenvalue weighted by Gasteiger charge is 2.29. The van der Waals surface area contributed by atoms with E-state index in [-0.39, 0.29) is 11.7 Å². The van der Waals surface area contributed by atoms with Crippen molar-refractivity contribution >= 4 is 5.97 Å². The summed E-state index contributed by atoms with van der Waals surface area (Å²) in [6.07, 6.45) is 6.90. The predicted molar refractivity (Wildman–Crippen MR) is 95.1 cm³/mol. The Kier molecular flexibility index (Phi) is 4.76. The molecule has 3 heterocycles. The fourth-order valence-electron chi connectivity index (χ4n) is 4.17. The third-order valence-electron chi connectivity index (χ3n) is 5.47. The van der Waals surface area contributed by atoms with Crippen molar-refractivity contribution in [3.63, 3.8) is 0 Å². The molecular weight excluding hydrogens is 332 g/mol. The molecule has 0 aromatic carbocycles. The number of rotatable bonds is 6. The lowest BCUT2D eigenvalue weighted by molar-refractivity contribution is 0.0688. The van der Waals surface area contributed by atoms with Crippen molar-refractivity contribution in [1.29, 1.82) is 0 Å². The summed E-state index contributed by atoms with van der Waals surface area (Å²) in [4.78, 5) is 11.6. The van der Waals surface area contributed by atoms with Crippen LogP contribution >= 0.6 is 0 Å². The van der Waals surface area contributed by atoms with Gasteiger partial charge < -0.3 is 15.0 Å². The zero-order valence-corrected chi connectivity index (χ0v) is 15.2. The van der Waals surface area contributed by atoms with E-state index in [1.165, 1.54) is 12.8 Å². The van der Waals surface area contributed by atoms with E-state index in [2.05, 4.69) is 32.1 Å². The van der Waals surface area contributed by atoms with Crippen LogP contribution in [-0.2, 0) is 38.9 Å². The third-order valence-corrected chi connectivity index (χ3v) is 5.47. The first-order valence-electron chi connectivity index (χ1n) is 9.63. The Bertz CT molecular complexity index is 809. The molecule has 140 valence electrons. The Morgan fingerprint density at radius 1 is 1.31 bits per heavy atom. The summed E-state index contributed by atoms with van der Waals surface area (Å²) in [5.74, 6) is 1.15. The van der Waals surface area contributed by atoms with Crippen molar-refractivity contribution in [1.82, 2.24) is 29.9 Å². The fraction of sp³-hybridized carbons (Fsp3) is 0.667. The summed E-state index contributed by atoms with van der Waals surface area (Å²) in [5, 5.41) is 26.1. The Balaban J connectivity index is 1.47. The number of hydrogen-bond acceptors (Lipinski definition) is 5. The molecule has 1 atom stereocenters. The van der Waals surface area contributed by atoms with E-state index >= 15 is 0 Å². The lowest BCUT2D eigenvalue weighted by atomic mass is 9.91. The maximum atomic E-state index is 11.6. The van der Waals surface area contributed by atoms with Crippen LogP contribution in [-0.4, -0.2) is 41.7 Å². The van der Waals surface area contributed by atoms with Gasteiger partial charge in [0.15, 0.2) is 5.69 Å². The van der Waals surface area contributed by atoms with Crippen LogP contribution in [0.25, 0.3) is 0 Å². The highest BCUT2D eigenvalue weighted by atomic mass is 16.4. The molecule has 0 saturated heterocycles. The van der Waals surface area contributed by atoms with Crippen molar-refractivity contribution in [3.8, 4) is 0 Å². The second-order valence-corrected chi connectivity index (χ2v) is 7.26. The summed E-state index contributed by atoms with van der Waals surface area (Å²) in [6, 6.07) is 0.247. The first kappa shape index (κ1) is 17.2. The highest BCUT2D eigenvalue weighted by molar-refractivity contribution is 5.87. The van der Waals surface area contributed by atoms with E-state index in [0.29, 0.717) is 13.0 Å². The van der Waals surface area contributed by atoms with Gasteiger partial charge in [-0.2, -0.15) is 5.10 Å². The molecule has 0 bridgehead atoms. The first-order valence-corrected chi connectivity index (χ1v) is 9.63. The Morgan fingerprint density at radius 3 is 3.00 bits per heavy atom. The van der Waals surface area contributed by atoms with Crippen molar-refractivity contribution in [2.24, 2.45) is 0 Å². The van der Waals surface area contributed by atoms with Crippen LogP contribution in [0.3, 0.4) is 0 Å². The van der Waals surface area contributed by atoms with E-state index in [9.17, 15) is 9.90 Å². The maximum absolute atomic E-state index is 11.6. The van der Waals surface area contributed by atoms with Gasteiger partial charge in [0.25, 0.3) is 0 Å². The van der Waals surface area contributed by atoms with Crippen LogP contribution in [0, 0.1) is 0 Å².